The van der Waals surface area contributed by atoms with Crippen LogP contribution in [0.1, 0.15) is 27.7 Å². The molecule has 1 rings (SSSR count). The van der Waals surface area contributed by atoms with Gasteiger partial charge in [-0.25, -0.2) is 9.59 Å². The summed E-state index contributed by atoms with van der Waals surface area (Å²) in [7, 11) is 0. The third-order valence-corrected chi connectivity index (χ3v) is 3.35. The first kappa shape index (κ1) is 16.7. The van der Waals surface area contributed by atoms with Crippen molar-refractivity contribution in [2.75, 3.05) is 19.8 Å². The zero-order chi connectivity index (χ0) is 15.5. The van der Waals surface area contributed by atoms with E-state index in [-0.39, 0.29) is 19.2 Å². The van der Waals surface area contributed by atoms with Gasteiger partial charge in [0.15, 0.2) is 0 Å². The number of aliphatic hydroxyl groups excluding tert-OH is 1. The molecule has 0 aromatic heterocycles. The number of nitrogens with one attached hydrogen (secondary N) is 1. The first-order valence-electron chi connectivity index (χ1n) is 6.69. The Hall–Kier alpha value is -1.34. The van der Waals surface area contributed by atoms with Crippen LogP contribution in [0, 0.1) is 5.41 Å². The van der Waals surface area contributed by atoms with Gasteiger partial charge in [0, 0.05) is 0 Å². The summed E-state index contributed by atoms with van der Waals surface area (Å²) < 4.78 is 5.35. The van der Waals surface area contributed by atoms with Crippen LogP contribution in [-0.2, 0) is 9.53 Å². The van der Waals surface area contributed by atoms with Crippen LogP contribution in [0.4, 0.5) is 4.79 Å². The quantitative estimate of drug-likeness (QED) is 0.692. The fraction of sp³-hybridized carbons (Fsp3) is 0.846. The van der Waals surface area contributed by atoms with Crippen LogP contribution in [-0.4, -0.2) is 65.1 Å². The number of morpholine rings is 1. The standard InChI is InChI=1S/C13H24N2O5/c1-8-7-20-9(6-16)5-15(8)12(19)14-10(11(17)18)13(2,3)4/h8-10,16H,5-7H2,1-4H3,(H,14,19)(H,17,18)/t8?,9?,10-/m0/s1. The van der Waals surface area contributed by atoms with Crippen LogP contribution in [0.5, 0.6) is 0 Å². The molecule has 116 valence electrons. The Bertz CT molecular complexity index is 366. The summed E-state index contributed by atoms with van der Waals surface area (Å²) in [5.41, 5.74) is -0.590. The van der Waals surface area contributed by atoms with Gasteiger partial charge in [0.05, 0.1) is 31.9 Å². The number of carbonyl (C=O) groups is 2. The highest BCUT2D eigenvalue weighted by Gasteiger charge is 2.36. The van der Waals surface area contributed by atoms with E-state index < -0.39 is 29.6 Å². The third kappa shape index (κ3) is 4.08. The Morgan fingerprint density at radius 3 is 2.50 bits per heavy atom. The zero-order valence-corrected chi connectivity index (χ0v) is 12.4. The Labute approximate surface area is 118 Å². The Balaban J connectivity index is 2.75. The van der Waals surface area contributed by atoms with Gasteiger partial charge in [0.2, 0.25) is 0 Å². The molecule has 0 aromatic carbocycles. The molecule has 7 nitrogen and oxygen atoms in total. The number of nitrogens with zero attached hydrogens (tertiary/aromatic N) is 1. The molecule has 1 saturated heterocycles. The number of carboxylic acid groups (broad SMARTS) is 1. The molecule has 0 radical (unpaired) electrons. The van der Waals surface area contributed by atoms with Gasteiger partial charge in [-0.05, 0) is 12.3 Å². The number of carbonyl (C=O) groups excluding carboxylic acids is 1. The SMILES string of the molecule is CC1COC(CO)CN1C(=O)N[C@@H](C(=O)O)C(C)(C)C. The fourth-order valence-electron chi connectivity index (χ4n) is 2.07. The summed E-state index contributed by atoms with van der Waals surface area (Å²) in [4.78, 5) is 25.0. The summed E-state index contributed by atoms with van der Waals surface area (Å²) in [6.45, 7) is 7.49. The van der Waals surface area contributed by atoms with Gasteiger partial charge in [0.25, 0.3) is 0 Å². The second kappa shape index (κ2) is 6.41. The van der Waals surface area contributed by atoms with E-state index in [9.17, 15) is 14.7 Å². The lowest BCUT2D eigenvalue weighted by Gasteiger charge is -2.39. The van der Waals surface area contributed by atoms with E-state index in [1.165, 1.54) is 4.90 Å². The molecule has 1 fully saturated rings. The van der Waals surface area contributed by atoms with E-state index in [0.717, 1.165) is 0 Å². The molecule has 20 heavy (non-hydrogen) atoms. The summed E-state index contributed by atoms with van der Waals surface area (Å²) in [5, 5.41) is 20.9. The molecule has 0 spiro atoms. The van der Waals surface area contributed by atoms with Crippen molar-refractivity contribution in [2.24, 2.45) is 5.41 Å². The van der Waals surface area contributed by atoms with E-state index >= 15 is 0 Å². The Kier molecular flexibility index (Phi) is 5.35. The highest BCUT2D eigenvalue weighted by Crippen LogP contribution is 2.20. The number of hydrogen-bond acceptors (Lipinski definition) is 4. The normalized spacial score (nSPS) is 25.1. The maximum absolute atomic E-state index is 12.2. The molecule has 2 unspecified atom stereocenters. The second-order valence-electron chi connectivity index (χ2n) is 6.23. The minimum Gasteiger partial charge on any atom is -0.480 e. The van der Waals surface area contributed by atoms with Gasteiger partial charge in [0.1, 0.15) is 6.04 Å². The maximum Gasteiger partial charge on any atom is 0.326 e. The molecule has 7 heteroatoms. The van der Waals surface area contributed by atoms with Gasteiger partial charge in [-0.15, -0.1) is 0 Å². The van der Waals surface area contributed by atoms with Gasteiger partial charge in [-0.3, -0.25) is 0 Å². The lowest BCUT2D eigenvalue weighted by molar-refractivity contribution is -0.142. The van der Waals surface area contributed by atoms with E-state index in [4.69, 9.17) is 9.84 Å². The maximum atomic E-state index is 12.2. The van der Waals surface area contributed by atoms with Crippen molar-refractivity contribution in [1.82, 2.24) is 10.2 Å². The van der Waals surface area contributed by atoms with Crippen molar-refractivity contribution in [3.05, 3.63) is 0 Å². The number of rotatable bonds is 3. The molecule has 1 aliphatic heterocycles. The molecule has 1 heterocycles. The lowest BCUT2D eigenvalue weighted by Crippen LogP contribution is -2.59. The van der Waals surface area contributed by atoms with E-state index in [2.05, 4.69) is 5.32 Å². The van der Waals surface area contributed by atoms with Crippen LogP contribution in [0.25, 0.3) is 0 Å². The van der Waals surface area contributed by atoms with Crippen LogP contribution < -0.4 is 5.32 Å². The molecule has 0 saturated carbocycles. The molecule has 2 amide bonds. The van der Waals surface area contributed by atoms with E-state index in [1.807, 2.05) is 6.92 Å². The van der Waals surface area contributed by atoms with Crippen molar-refractivity contribution in [2.45, 2.75) is 45.9 Å². The van der Waals surface area contributed by atoms with Crippen molar-refractivity contribution in [3.63, 3.8) is 0 Å². The smallest absolute Gasteiger partial charge is 0.326 e. The van der Waals surface area contributed by atoms with Crippen LogP contribution in [0.2, 0.25) is 0 Å². The van der Waals surface area contributed by atoms with Crippen LogP contribution >= 0.6 is 0 Å². The predicted octanol–water partition coefficient (Wildman–Crippen LogP) is 0.277. The highest BCUT2D eigenvalue weighted by atomic mass is 16.5. The number of ether oxygens (including phenoxy) is 1. The van der Waals surface area contributed by atoms with Crippen molar-refractivity contribution < 1.29 is 24.5 Å². The monoisotopic (exact) mass is 288 g/mol. The average Bonchev–Trinajstić information content (AvgIpc) is 2.34. The van der Waals surface area contributed by atoms with Gasteiger partial charge in [-0.1, -0.05) is 20.8 Å². The van der Waals surface area contributed by atoms with Crippen LogP contribution in [0.3, 0.4) is 0 Å². The van der Waals surface area contributed by atoms with E-state index in [1.54, 1.807) is 20.8 Å². The van der Waals surface area contributed by atoms with Crippen molar-refractivity contribution >= 4 is 12.0 Å². The largest absolute Gasteiger partial charge is 0.480 e. The van der Waals surface area contributed by atoms with Gasteiger partial charge in [-0.2, -0.15) is 0 Å². The molecular weight excluding hydrogens is 264 g/mol. The molecular formula is C13H24N2O5. The average molecular weight is 288 g/mol. The summed E-state index contributed by atoms with van der Waals surface area (Å²) in [5.74, 6) is -1.06. The zero-order valence-electron chi connectivity index (χ0n) is 12.4. The molecule has 3 N–H and O–H groups in total. The number of aliphatic carboxylic acids is 1. The minimum atomic E-state index is -1.06. The number of amides is 2. The Morgan fingerprint density at radius 1 is 1.45 bits per heavy atom. The van der Waals surface area contributed by atoms with E-state index in [0.29, 0.717) is 6.61 Å². The molecule has 3 atom stereocenters. The summed E-state index contributed by atoms with van der Waals surface area (Å²) in [6, 6.07) is -1.58. The first-order chi connectivity index (χ1) is 9.16. The minimum absolute atomic E-state index is 0.160. The second-order valence-corrected chi connectivity index (χ2v) is 6.23. The molecule has 1 aliphatic rings. The summed E-state index contributed by atoms with van der Waals surface area (Å²) in [6.07, 6.45) is -0.421. The topological polar surface area (TPSA) is 99.1 Å². The predicted molar refractivity (Wildman–Crippen MR) is 72.4 cm³/mol. The van der Waals surface area contributed by atoms with Crippen LogP contribution in [0.15, 0.2) is 0 Å². The fourth-order valence-corrected chi connectivity index (χ4v) is 2.07. The molecule has 0 aromatic rings. The number of aliphatic hydroxyl groups is 1. The third-order valence-electron chi connectivity index (χ3n) is 3.35. The Morgan fingerprint density at radius 2 is 2.05 bits per heavy atom. The van der Waals surface area contributed by atoms with Crippen molar-refractivity contribution in [1.29, 1.82) is 0 Å². The lowest BCUT2D eigenvalue weighted by atomic mass is 9.87. The summed E-state index contributed by atoms with van der Waals surface area (Å²) >= 11 is 0. The molecule has 0 bridgehead atoms. The highest BCUT2D eigenvalue weighted by molar-refractivity contribution is 5.83. The number of hydrogen-bond donors (Lipinski definition) is 3. The molecule has 0 aliphatic carbocycles. The van der Waals surface area contributed by atoms with Gasteiger partial charge < -0.3 is 25.2 Å². The number of urea groups is 1. The van der Waals surface area contributed by atoms with Crippen molar-refractivity contribution in [3.8, 4) is 0 Å². The number of carboxylic acids is 1. The van der Waals surface area contributed by atoms with Gasteiger partial charge >= 0.3 is 12.0 Å². The first-order valence-corrected chi connectivity index (χ1v) is 6.69.